The third-order valence-corrected chi connectivity index (χ3v) is 10.2. The molecule has 1 atom stereocenters. The highest BCUT2D eigenvalue weighted by Gasteiger charge is 2.33. The van der Waals surface area contributed by atoms with Crippen LogP contribution in [-0.2, 0) is 12.8 Å². The Kier molecular flexibility index (Phi) is 16.8. The Morgan fingerprint density at radius 3 is 1.26 bits per heavy atom. The van der Waals surface area contributed by atoms with Gasteiger partial charge in [0.25, 0.3) is 0 Å². The Hall–Kier alpha value is -4.44. The van der Waals surface area contributed by atoms with Crippen LogP contribution in [0.1, 0.15) is 199 Å². The van der Waals surface area contributed by atoms with Crippen molar-refractivity contribution in [1.29, 1.82) is 0 Å². The lowest BCUT2D eigenvalue weighted by atomic mass is 9.70. The number of aryl methyl sites for hydroxylation is 2. The molecule has 0 N–H and O–H groups in total. The maximum Gasteiger partial charge on any atom is 0.162 e. The van der Waals surface area contributed by atoms with Gasteiger partial charge >= 0.3 is 0 Å². The van der Waals surface area contributed by atoms with E-state index in [-0.39, 0.29) is 29.1 Å². The Morgan fingerprint density at radius 2 is 0.852 bits per heavy atom. The zero-order valence-electron chi connectivity index (χ0n) is 33.7. The Labute approximate surface area is 325 Å². The highest BCUT2D eigenvalue weighted by Crippen LogP contribution is 2.45. The van der Waals surface area contributed by atoms with Crippen LogP contribution in [0.2, 0.25) is 0 Å². The molecule has 4 rings (SSSR count). The molecule has 0 spiro atoms. The average Bonchev–Trinajstić information content (AvgIpc) is 3.18. The van der Waals surface area contributed by atoms with Gasteiger partial charge in [0.05, 0.1) is 0 Å². The molecule has 4 nitrogen and oxygen atoms in total. The monoisotopic (exact) mass is 725 g/mol. The fourth-order valence-corrected chi connectivity index (χ4v) is 7.39. The number of Topliss-reactive ketones (excluding diaryl/α,β-unsaturated/α-hetero) is 4. The Morgan fingerprint density at radius 1 is 0.444 bits per heavy atom. The van der Waals surface area contributed by atoms with Crippen LogP contribution in [0.3, 0.4) is 0 Å². The molecule has 0 aliphatic heterocycles. The lowest BCUT2D eigenvalue weighted by Crippen LogP contribution is -2.20. The molecule has 0 aliphatic carbocycles. The highest BCUT2D eigenvalue weighted by molar-refractivity contribution is 6.03. The van der Waals surface area contributed by atoms with E-state index >= 15 is 0 Å². The van der Waals surface area contributed by atoms with E-state index in [0.717, 1.165) is 61.1 Å². The van der Waals surface area contributed by atoms with E-state index < -0.39 is 0 Å². The van der Waals surface area contributed by atoms with Crippen molar-refractivity contribution in [1.82, 2.24) is 0 Å². The molecule has 0 aromatic heterocycles. The number of unbranched alkanes of at least 4 members (excludes halogenated alkanes) is 2. The zero-order chi connectivity index (χ0) is 39.0. The molecule has 0 aliphatic rings. The SMILES string of the molecule is CCCCc1ccc(CCCC)c(C([C](c2cc(C(=O)CCC)cc(C(=O)CCC)c2)c2cc(C(=O)CCC)cc(C(=O)CCC)c2)c2ccccc2)c1. The minimum Gasteiger partial charge on any atom is -0.294 e. The number of carbonyl (C=O) groups excluding carboxylic acids is 4. The number of ketones is 4. The summed E-state index contributed by atoms with van der Waals surface area (Å²) in [5.74, 6) is 0.552. The minimum atomic E-state index is -0.323. The van der Waals surface area contributed by atoms with Crippen LogP contribution in [0.15, 0.2) is 84.9 Å². The fourth-order valence-electron chi connectivity index (χ4n) is 7.39. The molecule has 4 heteroatoms. The lowest BCUT2D eigenvalue weighted by Gasteiger charge is -2.32. The largest absolute Gasteiger partial charge is 0.294 e. The van der Waals surface area contributed by atoms with Crippen molar-refractivity contribution >= 4 is 23.1 Å². The van der Waals surface area contributed by atoms with E-state index in [0.29, 0.717) is 73.6 Å². The van der Waals surface area contributed by atoms with E-state index in [1.807, 2.05) is 58.0 Å². The third kappa shape index (κ3) is 11.1. The van der Waals surface area contributed by atoms with Crippen molar-refractivity contribution in [2.75, 3.05) is 0 Å². The molecule has 4 aromatic rings. The Balaban J connectivity index is 2.21. The van der Waals surface area contributed by atoms with Gasteiger partial charge in [0.15, 0.2) is 23.1 Å². The predicted molar refractivity (Wildman–Crippen MR) is 223 cm³/mol. The molecule has 0 saturated carbocycles. The summed E-state index contributed by atoms with van der Waals surface area (Å²) in [4.78, 5) is 54.9. The summed E-state index contributed by atoms with van der Waals surface area (Å²) < 4.78 is 0. The van der Waals surface area contributed by atoms with Crippen molar-refractivity contribution in [3.8, 4) is 0 Å². The van der Waals surface area contributed by atoms with Gasteiger partial charge in [-0.2, -0.15) is 0 Å². The van der Waals surface area contributed by atoms with Crippen LogP contribution < -0.4 is 0 Å². The second kappa shape index (κ2) is 21.4. The van der Waals surface area contributed by atoms with E-state index in [1.54, 1.807) is 12.1 Å². The smallest absolute Gasteiger partial charge is 0.162 e. The first kappa shape index (κ1) is 42.3. The molecule has 285 valence electrons. The summed E-state index contributed by atoms with van der Waals surface area (Å²) in [5.41, 5.74) is 8.35. The third-order valence-electron chi connectivity index (χ3n) is 10.2. The molecule has 0 fully saturated rings. The van der Waals surface area contributed by atoms with Gasteiger partial charge in [-0.05, 0) is 121 Å². The first-order valence-electron chi connectivity index (χ1n) is 20.7. The average molecular weight is 726 g/mol. The normalized spacial score (nSPS) is 11.8. The van der Waals surface area contributed by atoms with Gasteiger partial charge in [-0.25, -0.2) is 0 Å². The summed E-state index contributed by atoms with van der Waals surface area (Å²) in [6.45, 7) is 12.4. The minimum absolute atomic E-state index is 0.00334. The zero-order valence-corrected chi connectivity index (χ0v) is 33.7. The molecular weight excluding hydrogens is 665 g/mol. The fraction of sp³-hybridized carbons (Fsp3) is 0.420. The molecule has 54 heavy (non-hydrogen) atoms. The summed E-state index contributed by atoms with van der Waals surface area (Å²) in [5, 5.41) is 0. The van der Waals surface area contributed by atoms with E-state index in [4.69, 9.17) is 0 Å². The van der Waals surface area contributed by atoms with Crippen LogP contribution >= 0.6 is 0 Å². The molecular formula is C50H61O4. The van der Waals surface area contributed by atoms with E-state index in [9.17, 15) is 19.2 Å². The molecule has 1 radical (unpaired) electrons. The van der Waals surface area contributed by atoms with Crippen molar-refractivity contribution < 1.29 is 19.2 Å². The summed E-state index contributed by atoms with van der Waals surface area (Å²) in [6, 6.07) is 28.7. The van der Waals surface area contributed by atoms with Crippen LogP contribution in [0.25, 0.3) is 0 Å². The Bertz CT molecular complexity index is 1710. The van der Waals surface area contributed by atoms with Gasteiger partial charge < -0.3 is 0 Å². The summed E-state index contributed by atoms with van der Waals surface area (Å²) in [6.07, 6.45) is 10.4. The van der Waals surface area contributed by atoms with Crippen LogP contribution in [0.4, 0.5) is 0 Å². The molecule has 0 bridgehead atoms. The number of benzene rings is 4. The van der Waals surface area contributed by atoms with Crippen molar-refractivity contribution in [2.45, 2.75) is 137 Å². The van der Waals surface area contributed by atoms with Crippen molar-refractivity contribution in [3.63, 3.8) is 0 Å². The summed E-state index contributed by atoms with van der Waals surface area (Å²) in [7, 11) is 0. The van der Waals surface area contributed by atoms with E-state index in [1.165, 1.54) is 16.7 Å². The first-order valence-corrected chi connectivity index (χ1v) is 20.7. The predicted octanol–water partition coefficient (Wildman–Crippen LogP) is 13.1. The van der Waals surface area contributed by atoms with Gasteiger partial charge in [-0.1, -0.05) is 103 Å². The molecule has 1 unspecified atom stereocenters. The first-order chi connectivity index (χ1) is 26.2. The van der Waals surface area contributed by atoms with Gasteiger partial charge in [-0.3, -0.25) is 19.2 Å². The van der Waals surface area contributed by atoms with Crippen molar-refractivity contribution in [2.24, 2.45) is 0 Å². The second-order valence-electron chi connectivity index (χ2n) is 14.8. The lowest BCUT2D eigenvalue weighted by molar-refractivity contribution is 0.0966. The summed E-state index contributed by atoms with van der Waals surface area (Å²) >= 11 is 0. The number of rotatable bonds is 23. The molecule has 0 saturated heterocycles. The van der Waals surface area contributed by atoms with Crippen LogP contribution in [0.5, 0.6) is 0 Å². The molecule has 0 amide bonds. The second-order valence-corrected chi connectivity index (χ2v) is 14.8. The highest BCUT2D eigenvalue weighted by atomic mass is 16.1. The topological polar surface area (TPSA) is 68.3 Å². The van der Waals surface area contributed by atoms with Crippen LogP contribution in [0, 0.1) is 5.92 Å². The standard InChI is InChI=1S/C50H61O4/c1-7-13-22-35-26-27-36(23-14-8-2)44(28-35)50(37-24-16-15-17-25-37)49(42-31-38(45(51)18-9-3)29-39(32-42)46(52)19-10-4)43-33-40(47(53)20-11-5)30-41(34-43)48(54)21-12-6/h15-17,24-34,50H,7-14,18-23H2,1-6H3. The van der Waals surface area contributed by atoms with Gasteiger partial charge in [0.1, 0.15) is 0 Å². The quantitative estimate of drug-likeness (QED) is 0.0714. The van der Waals surface area contributed by atoms with Crippen molar-refractivity contribution in [3.05, 3.63) is 146 Å². The van der Waals surface area contributed by atoms with Gasteiger partial charge in [0, 0.05) is 59.8 Å². The van der Waals surface area contributed by atoms with E-state index in [2.05, 4.69) is 56.3 Å². The maximum atomic E-state index is 13.7. The van der Waals surface area contributed by atoms with Gasteiger partial charge in [-0.15, -0.1) is 0 Å². The van der Waals surface area contributed by atoms with Gasteiger partial charge in [0.2, 0.25) is 0 Å². The molecule has 4 aromatic carbocycles. The number of hydrogen-bond donors (Lipinski definition) is 0. The van der Waals surface area contributed by atoms with Crippen LogP contribution in [-0.4, -0.2) is 23.1 Å². The number of hydrogen-bond acceptors (Lipinski definition) is 4. The molecule has 0 heterocycles. The maximum absolute atomic E-state index is 13.7. The number of carbonyl (C=O) groups is 4.